The third kappa shape index (κ3) is 4.13. The fourth-order valence-corrected chi connectivity index (χ4v) is 2.70. The van der Waals surface area contributed by atoms with E-state index in [9.17, 15) is 14.4 Å². The molecule has 1 N–H and O–H groups in total. The average Bonchev–Trinajstić information content (AvgIpc) is 2.95. The molecule has 1 fully saturated rings. The van der Waals surface area contributed by atoms with Gasteiger partial charge in [0.15, 0.2) is 6.61 Å². The van der Waals surface area contributed by atoms with Crippen molar-refractivity contribution < 1.29 is 19.1 Å². The highest BCUT2D eigenvalue weighted by atomic mass is 16.5. The van der Waals surface area contributed by atoms with Crippen LogP contribution in [0.1, 0.15) is 30.9 Å². The van der Waals surface area contributed by atoms with Gasteiger partial charge in [0.1, 0.15) is 0 Å². The number of benzene rings is 1. The largest absolute Gasteiger partial charge is 0.455 e. The molecule has 0 spiro atoms. The van der Waals surface area contributed by atoms with Gasteiger partial charge in [0.2, 0.25) is 5.91 Å². The van der Waals surface area contributed by atoms with Crippen LogP contribution in [0.2, 0.25) is 0 Å². The number of amides is 2. The summed E-state index contributed by atoms with van der Waals surface area (Å²) in [6, 6.07) is 5.76. The van der Waals surface area contributed by atoms with E-state index in [4.69, 9.17) is 4.74 Å². The predicted molar refractivity (Wildman–Crippen MR) is 90.6 cm³/mol. The Bertz CT molecular complexity index is 642. The summed E-state index contributed by atoms with van der Waals surface area (Å²) in [5.74, 6) is -1.44. The van der Waals surface area contributed by atoms with Crippen molar-refractivity contribution in [3.63, 3.8) is 0 Å². The first kappa shape index (κ1) is 18.0. The maximum atomic E-state index is 12.3. The third-order valence-electron chi connectivity index (χ3n) is 4.24. The van der Waals surface area contributed by atoms with Crippen molar-refractivity contribution in [2.75, 3.05) is 24.6 Å². The highest BCUT2D eigenvalue weighted by molar-refractivity contribution is 6.00. The Morgan fingerprint density at radius 2 is 2.08 bits per heavy atom. The zero-order chi connectivity index (χ0) is 17.7. The molecule has 1 aromatic rings. The zero-order valence-electron chi connectivity index (χ0n) is 14.4. The Morgan fingerprint density at radius 3 is 2.79 bits per heavy atom. The lowest BCUT2D eigenvalue weighted by Crippen LogP contribution is -2.31. The monoisotopic (exact) mass is 332 g/mol. The van der Waals surface area contributed by atoms with Gasteiger partial charge in [-0.25, -0.2) is 0 Å². The molecular formula is C18H24N2O4. The number of hydrogen-bond donors (Lipinski definition) is 1. The second-order valence-electron chi connectivity index (χ2n) is 6.08. The number of anilines is 1. The van der Waals surface area contributed by atoms with Crippen molar-refractivity contribution in [2.45, 2.75) is 33.6 Å². The summed E-state index contributed by atoms with van der Waals surface area (Å²) in [5, 5.41) is 2.64. The van der Waals surface area contributed by atoms with Crippen LogP contribution in [0.3, 0.4) is 0 Å². The molecule has 1 aliphatic rings. The van der Waals surface area contributed by atoms with Crippen LogP contribution in [-0.2, 0) is 19.1 Å². The molecule has 2 amide bonds. The van der Waals surface area contributed by atoms with Gasteiger partial charge in [-0.3, -0.25) is 14.4 Å². The van der Waals surface area contributed by atoms with E-state index in [1.807, 2.05) is 39.0 Å². The molecule has 1 atom stereocenters. The van der Waals surface area contributed by atoms with E-state index in [0.717, 1.165) is 23.2 Å². The second-order valence-corrected chi connectivity index (χ2v) is 6.08. The molecule has 0 radical (unpaired) electrons. The average molecular weight is 332 g/mol. The van der Waals surface area contributed by atoms with Crippen LogP contribution < -0.4 is 10.2 Å². The van der Waals surface area contributed by atoms with E-state index in [1.165, 1.54) is 0 Å². The Kier molecular flexibility index (Phi) is 5.95. The van der Waals surface area contributed by atoms with Crippen LogP contribution in [0.25, 0.3) is 0 Å². The summed E-state index contributed by atoms with van der Waals surface area (Å²) < 4.78 is 5.04. The predicted octanol–water partition coefficient (Wildman–Crippen LogP) is 1.73. The summed E-state index contributed by atoms with van der Waals surface area (Å²) in [6.07, 6.45) is 0.935. The van der Waals surface area contributed by atoms with Crippen molar-refractivity contribution in [2.24, 2.45) is 5.92 Å². The van der Waals surface area contributed by atoms with Gasteiger partial charge >= 0.3 is 5.97 Å². The standard InChI is InChI=1S/C18H24N2O4/c1-4-8-19-16(21)11-24-18(23)14-9-17(22)20(10-14)15-7-5-6-12(2)13(15)3/h5-7,14H,4,8-11H2,1-3H3,(H,19,21)/t14-/m1/s1. The molecule has 130 valence electrons. The van der Waals surface area contributed by atoms with Gasteiger partial charge in [-0.05, 0) is 37.5 Å². The van der Waals surface area contributed by atoms with Crippen LogP contribution in [0.4, 0.5) is 5.69 Å². The van der Waals surface area contributed by atoms with Gasteiger partial charge in [0.25, 0.3) is 5.91 Å². The number of esters is 1. The van der Waals surface area contributed by atoms with Crippen LogP contribution in [-0.4, -0.2) is 37.5 Å². The number of rotatable bonds is 6. The summed E-state index contributed by atoms with van der Waals surface area (Å²) in [5.41, 5.74) is 2.95. The summed E-state index contributed by atoms with van der Waals surface area (Å²) in [7, 11) is 0. The number of nitrogens with one attached hydrogen (secondary N) is 1. The van der Waals surface area contributed by atoms with Crippen molar-refractivity contribution in [3.8, 4) is 0 Å². The lowest BCUT2D eigenvalue weighted by atomic mass is 10.1. The van der Waals surface area contributed by atoms with Crippen LogP contribution in [0.5, 0.6) is 0 Å². The molecule has 0 aliphatic carbocycles. The Morgan fingerprint density at radius 1 is 1.33 bits per heavy atom. The highest BCUT2D eigenvalue weighted by Gasteiger charge is 2.36. The lowest BCUT2D eigenvalue weighted by Gasteiger charge is -2.20. The second kappa shape index (κ2) is 7.95. The maximum absolute atomic E-state index is 12.3. The first-order chi connectivity index (χ1) is 11.4. The molecule has 0 saturated carbocycles. The van der Waals surface area contributed by atoms with Gasteiger partial charge in [-0.15, -0.1) is 0 Å². The quantitative estimate of drug-likeness (QED) is 0.805. The summed E-state index contributed by atoms with van der Waals surface area (Å²) >= 11 is 0. The first-order valence-corrected chi connectivity index (χ1v) is 8.24. The van der Waals surface area contributed by atoms with Crippen molar-refractivity contribution in [1.82, 2.24) is 5.32 Å². The molecule has 0 bridgehead atoms. The number of ether oxygens (including phenoxy) is 1. The van der Waals surface area contributed by atoms with E-state index in [2.05, 4.69) is 5.32 Å². The minimum Gasteiger partial charge on any atom is -0.455 e. The van der Waals surface area contributed by atoms with E-state index in [0.29, 0.717) is 13.1 Å². The minimum absolute atomic E-state index is 0.0962. The highest BCUT2D eigenvalue weighted by Crippen LogP contribution is 2.29. The summed E-state index contributed by atoms with van der Waals surface area (Å²) in [6.45, 7) is 6.43. The van der Waals surface area contributed by atoms with E-state index in [-0.39, 0.29) is 24.8 Å². The molecule has 24 heavy (non-hydrogen) atoms. The molecule has 6 nitrogen and oxygen atoms in total. The Hall–Kier alpha value is -2.37. The molecule has 0 aromatic heterocycles. The van der Waals surface area contributed by atoms with Gasteiger partial charge in [-0.1, -0.05) is 19.1 Å². The normalized spacial score (nSPS) is 17.0. The van der Waals surface area contributed by atoms with Gasteiger partial charge in [0, 0.05) is 25.2 Å². The van der Waals surface area contributed by atoms with Gasteiger partial charge < -0.3 is 15.0 Å². The number of nitrogens with zero attached hydrogens (tertiary/aromatic N) is 1. The van der Waals surface area contributed by atoms with Crippen LogP contribution >= 0.6 is 0 Å². The molecule has 2 rings (SSSR count). The topological polar surface area (TPSA) is 75.7 Å². The minimum atomic E-state index is -0.531. The number of aryl methyl sites for hydroxylation is 1. The SMILES string of the molecule is CCCNC(=O)COC(=O)[C@@H]1CC(=O)N(c2cccc(C)c2C)C1. The van der Waals surface area contributed by atoms with Crippen molar-refractivity contribution in [3.05, 3.63) is 29.3 Å². The van der Waals surface area contributed by atoms with E-state index >= 15 is 0 Å². The number of carbonyl (C=O) groups excluding carboxylic acids is 3. The van der Waals surface area contributed by atoms with Gasteiger partial charge in [0.05, 0.1) is 5.92 Å². The first-order valence-electron chi connectivity index (χ1n) is 8.24. The molecule has 1 heterocycles. The molecule has 1 aromatic carbocycles. The maximum Gasteiger partial charge on any atom is 0.311 e. The molecule has 1 aliphatic heterocycles. The summed E-state index contributed by atoms with van der Waals surface area (Å²) in [4.78, 5) is 37.5. The lowest BCUT2D eigenvalue weighted by molar-refractivity contribution is -0.152. The van der Waals surface area contributed by atoms with Crippen molar-refractivity contribution in [1.29, 1.82) is 0 Å². The Labute approximate surface area is 142 Å². The number of carbonyl (C=O) groups is 3. The van der Waals surface area contributed by atoms with Crippen LogP contribution in [0.15, 0.2) is 18.2 Å². The van der Waals surface area contributed by atoms with Crippen molar-refractivity contribution >= 4 is 23.5 Å². The van der Waals surface area contributed by atoms with E-state index in [1.54, 1.807) is 4.90 Å². The molecule has 0 unspecified atom stereocenters. The van der Waals surface area contributed by atoms with E-state index < -0.39 is 11.9 Å². The number of hydrogen-bond acceptors (Lipinski definition) is 4. The van der Waals surface area contributed by atoms with Crippen LogP contribution in [0, 0.1) is 19.8 Å². The third-order valence-corrected chi connectivity index (χ3v) is 4.24. The smallest absolute Gasteiger partial charge is 0.311 e. The zero-order valence-corrected chi connectivity index (χ0v) is 14.4. The fourth-order valence-electron chi connectivity index (χ4n) is 2.70. The molecule has 6 heteroatoms. The fraction of sp³-hybridized carbons (Fsp3) is 0.500. The Balaban J connectivity index is 1.95. The van der Waals surface area contributed by atoms with Gasteiger partial charge in [-0.2, -0.15) is 0 Å². The molecular weight excluding hydrogens is 308 g/mol. The molecule has 1 saturated heterocycles.